The Morgan fingerprint density at radius 1 is 1.14 bits per heavy atom. The Hall–Kier alpha value is -3.49. The maximum Gasteiger partial charge on any atom is 0.338 e. The third-order valence-electron chi connectivity index (χ3n) is 6.43. The molecule has 1 aliphatic heterocycles. The summed E-state index contributed by atoms with van der Waals surface area (Å²) in [5.74, 6) is -3.48. The molecule has 1 saturated heterocycles. The van der Waals surface area contributed by atoms with Gasteiger partial charge >= 0.3 is 5.69 Å². The summed E-state index contributed by atoms with van der Waals surface area (Å²) in [4.78, 5) is 28.9. The molecule has 36 heavy (non-hydrogen) atoms. The normalized spacial score (nSPS) is 17.4. The lowest BCUT2D eigenvalue weighted by Crippen LogP contribution is -2.67. The van der Waals surface area contributed by atoms with E-state index in [2.05, 4.69) is 0 Å². The Labute approximate surface area is 211 Å². The molecule has 0 unspecified atom stereocenters. The van der Waals surface area contributed by atoms with E-state index >= 15 is 0 Å². The molecule has 0 atom stereocenters. The fourth-order valence-corrected chi connectivity index (χ4v) is 5.51. The first kappa shape index (κ1) is 24.2. The molecule has 8 nitrogen and oxygen atoms in total. The van der Waals surface area contributed by atoms with Crippen molar-refractivity contribution in [3.63, 3.8) is 0 Å². The summed E-state index contributed by atoms with van der Waals surface area (Å²) in [6, 6.07) is 6.62. The summed E-state index contributed by atoms with van der Waals surface area (Å²) in [7, 11) is 0. The summed E-state index contributed by atoms with van der Waals surface area (Å²) in [5.41, 5.74) is -2.60. The molecule has 1 spiro atoms. The second-order valence-electron chi connectivity index (χ2n) is 9.13. The van der Waals surface area contributed by atoms with Gasteiger partial charge in [0, 0.05) is 31.3 Å². The Kier molecular flexibility index (Phi) is 5.57. The molecular formula is C23H16Cl2F3N5O3. The van der Waals surface area contributed by atoms with Crippen LogP contribution < -0.4 is 20.9 Å². The van der Waals surface area contributed by atoms with E-state index in [0.717, 1.165) is 23.0 Å². The number of pyridine rings is 1. The van der Waals surface area contributed by atoms with Gasteiger partial charge < -0.3 is 10.1 Å². The van der Waals surface area contributed by atoms with Crippen molar-refractivity contribution in [2.24, 2.45) is 5.41 Å². The van der Waals surface area contributed by atoms with Gasteiger partial charge in [-0.05, 0) is 23.8 Å². The average molecular weight is 538 g/mol. The van der Waals surface area contributed by atoms with E-state index in [1.807, 2.05) is 6.07 Å². The van der Waals surface area contributed by atoms with Crippen molar-refractivity contribution in [1.29, 1.82) is 5.26 Å². The lowest BCUT2D eigenvalue weighted by molar-refractivity contribution is -0.605. The highest BCUT2D eigenvalue weighted by Gasteiger charge is 2.62. The van der Waals surface area contributed by atoms with E-state index < -0.39 is 34.9 Å². The highest BCUT2D eigenvalue weighted by atomic mass is 35.5. The SMILES string of the molecule is N#CCn1c(N2CC3(C2)CC(F)(F)C3)c(-c2ccc(F)c(Cl)c2)c(=O)n(-c2cc(Cl)c[n+]([O-])c2)c1=O. The highest BCUT2D eigenvalue weighted by molar-refractivity contribution is 6.31. The summed E-state index contributed by atoms with van der Waals surface area (Å²) >= 11 is 11.9. The number of benzene rings is 1. The molecule has 5 rings (SSSR count). The number of halogens is 5. The minimum Gasteiger partial charge on any atom is -0.619 e. The van der Waals surface area contributed by atoms with Crippen LogP contribution in [0.3, 0.4) is 0 Å². The third kappa shape index (κ3) is 3.90. The molecule has 1 aromatic carbocycles. The number of anilines is 1. The molecule has 3 aromatic rings. The smallest absolute Gasteiger partial charge is 0.338 e. The lowest BCUT2D eigenvalue weighted by Gasteiger charge is -2.59. The zero-order valence-electron chi connectivity index (χ0n) is 18.4. The third-order valence-corrected chi connectivity index (χ3v) is 6.93. The second-order valence-corrected chi connectivity index (χ2v) is 9.98. The van der Waals surface area contributed by atoms with Crippen LogP contribution in [0.1, 0.15) is 12.8 Å². The molecule has 0 radical (unpaired) electrons. The molecule has 2 aromatic heterocycles. The molecular weight excluding hydrogens is 522 g/mol. The predicted octanol–water partition coefficient (Wildman–Crippen LogP) is 3.50. The zero-order chi connectivity index (χ0) is 26.0. The predicted molar refractivity (Wildman–Crippen MR) is 125 cm³/mol. The minimum absolute atomic E-state index is 0.0309. The summed E-state index contributed by atoms with van der Waals surface area (Å²) in [5, 5.41) is 21.1. The number of alkyl halides is 2. The van der Waals surface area contributed by atoms with Gasteiger partial charge in [-0.2, -0.15) is 9.99 Å². The lowest BCUT2D eigenvalue weighted by atomic mass is 9.61. The Balaban J connectivity index is 1.78. The van der Waals surface area contributed by atoms with Crippen LogP contribution in [0.15, 0.2) is 46.2 Å². The van der Waals surface area contributed by atoms with Gasteiger partial charge in [0.25, 0.3) is 5.56 Å². The van der Waals surface area contributed by atoms with Crippen molar-refractivity contribution in [3.8, 4) is 22.9 Å². The molecule has 0 amide bonds. The van der Waals surface area contributed by atoms with Crippen LogP contribution in [0.2, 0.25) is 10.0 Å². The van der Waals surface area contributed by atoms with Gasteiger partial charge in [0.2, 0.25) is 12.1 Å². The fourth-order valence-electron chi connectivity index (χ4n) is 5.12. The summed E-state index contributed by atoms with van der Waals surface area (Å²) < 4.78 is 43.1. The van der Waals surface area contributed by atoms with Crippen molar-refractivity contribution >= 4 is 29.0 Å². The van der Waals surface area contributed by atoms with Crippen molar-refractivity contribution in [3.05, 3.63) is 78.6 Å². The molecule has 0 bridgehead atoms. The Morgan fingerprint density at radius 3 is 2.42 bits per heavy atom. The van der Waals surface area contributed by atoms with E-state index in [0.29, 0.717) is 9.30 Å². The van der Waals surface area contributed by atoms with E-state index in [9.17, 15) is 33.2 Å². The molecule has 3 heterocycles. The van der Waals surface area contributed by atoms with Crippen LogP contribution in [0, 0.1) is 27.8 Å². The highest BCUT2D eigenvalue weighted by Crippen LogP contribution is 2.57. The number of aromatic nitrogens is 3. The second kappa shape index (κ2) is 8.28. The number of nitriles is 1. The van der Waals surface area contributed by atoms with Crippen LogP contribution in [0.4, 0.5) is 19.0 Å². The van der Waals surface area contributed by atoms with Crippen molar-refractivity contribution in [1.82, 2.24) is 9.13 Å². The van der Waals surface area contributed by atoms with Gasteiger partial charge in [0.15, 0.2) is 6.20 Å². The van der Waals surface area contributed by atoms with Crippen LogP contribution in [-0.4, -0.2) is 28.1 Å². The number of hydrogen-bond donors (Lipinski definition) is 0. The van der Waals surface area contributed by atoms with Crippen LogP contribution in [-0.2, 0) is 6.54 Å². The maximum absolute atomic E-state index is 13.9. The van der Waals surface area contributed by atoms with Crippen molar-refractivity contribution in [2.45, 2.75) is 25.3 Å². The quantitative estimate of drug-likeness (QED) is 0.374. The molecule has 2 aliphatic rings. The van der Waals surface area contributed by atoms with Gasteiger partial charge in [-0.25, -0.2) is 22.5 Å². The van der Waals surface area contributed by atoms with Gasteiger partial charge in [0.05, 0.1) is 16.7 Å². The monoisotopic (exact) mass is 537 g/mol. The van der Waals surface area contributed by atoms with Crippen LogP contribution in [0.25, 0.3) is 16.8 Å². The van der Waals surface area contributed by atoms with Gasteiger partial charge in [-0.1, -0.05) is 29.3 Å². The standard InChI is InChI=1S/C23H16Cl2F3N5O3/c24-14-6-15(8-31(36)7-14)33-20(34)18(13-1-2-17(26)16(25)5-13)19(32(4-3-29)21(33)35)30-11-22(12-30)9-23(27,28)10-22/h1-2,5-8H,4,9-12H2. The first-order chi connectivity index (χ1) is 16.9. The Morgan fingerprint density at radius 2 is 1.83 bits per heavy atom. The largest absolute Gasteiger partial charge is 0.619 e. The topological polar surface area (TPSA) is 98.0 Å². The van der Waals surface area contributed by atoms with Gasteiger partial charge in [-0.3, -0.25) is 9.36 Å². The first-order valence-electron chi connectivity index (χ1n) is 10.7. The first-order valence-corrected chi connectivity index (χ1v) is 11.4. The van der Waals surface area contributed by atoms with Crippen LogP contribution in [0.5, 0.6) is 0 Å². The maximum atomic E-state index is 13.9. The molecule has 1 aliphatic carbocycles. The van der Waals surface area contributed by atoms with Crippen LogP contribution >= 0.6 is 23.2 Å². The van der Waals surface area contributed by atoms with E-state index in [1.165, 1.54) is 18.2 Å². The summed E-state index contributed by atoms with van der Waals surface area (Å²) in [6.07, 6.45) is 1.34. The molecule has 1 saturated carbocycles. The number of nitrogens with zero attached hydrogens (tertiary/aromatic N) is 5. The summed E-state index contributed by atoms with van der Waals surface area (Å²) in [6.45, 7) is -0.221. The van der Waals surface area contributed by atoms with E-state index in [4.69, 9.17) is 23.2 Å². The van der Waals surface area contributed by atoms with Crippen molar-refractivity contribution < 1.29 is 17.9 Å². The van der Waals surface area contributed by atoms with E-state index in [-0.39, 0.29) is 58.6 Å². The molecule has 2 fully saturated rings. The van der Waals surface area contributed by atoms with E-state index in [1.54, 1.807) is 4.90 Å². The van der Waals surface area contributed by atoms with Gasteiger partial charge in [-0.15, -0.1) is 0 Å². The van der Waals surface area contributed by atoms with Crippen molar-refractivity contribution in [2.75, 3.05) is 18.0 Å². The molecule has 13 heteroatoms. The minimum atomic E-state index is -2.77. The fraction of sp³-hybridized carbons (Fsp3) is 0.304. The molecule has 0 N–H and O–H groups in total. The average Bonchev–Trinajstić information content (AvgIpc) is 2.73. The Bertz CT molecular complexity index is 1540. The zero-order valence-corrected chi connectivity index (χ0v) is 19.9. The number of rotatable bonds is 4. The molecule has 186 valence electrons. The van der Waals surface area contributed by atoms with Gasteiger partial charge in [0.1, 0.15) is 28.9 Å². The number of hydrogen-bond acceptors (Lipinski definition) is 5.